The van der Waals surface area contributed by atoms with Gasteiger partial charge in [0, 0.05) is 31.6 Å². The molecule has 1 spiro atoms. The largest absolute Gasteiger partial charge is 0.303 e. The Kier molecular flexibility index (Phi) is 4.83. The molecule has 0 bridgehead atoms. The highest BCUT2D eigenvalue weighted by Crippen LogP contribution is 2.52. The molecule has 3 fully saturated rings. The summed E-state index contributed by atoms with van der Waals surface area (Å²) in [6.45, 7) is 11.0. The summed E-state index contributed by atoms with van der Waals surface area (Å²) in [5.41, 5.74) is 0.461. The maximum atomic E-state index is 12.5. The van der Waals surface area contributed by atoms with Gasteiger partial charge in [0.1, 0.15) is 0 Å². The molecule has 3 aliphatic rings. The number of halogens is 2. The zero-order valence-corrected chi connectivity index (χ0v) is 12.5. The zero-order valence-electron chi connectivity index (χ0n) is 12.5. The molecule has 0 N–H and O–H groups in total. The fraction of sp³-hybridized carbons (Fsp3) is 1.00. The highest BCUT2D eigenvalue weighted by Gasteiger charge is 2.55. The predicted octanol–water partition coefficient (Wildman–Crippen LogP) is 3.08. The number of hydrogen-bond acceptors (Lipinski definition) is 2. The van der Waals surface area contributed by atoms with Crippen LogP contribution in [0.5, 0.6) is 0 Å². The topological polar surface area (TPSA) is 6.48 Å². The van der Waals surface area contributed by atoms with Crippen molar-refractivity contribution < 1.29 is 8.78 Å². The Labute approximate surface area is 116 Å². The molecule has 2 saturated heterocycles. The van der Waals surface area contributed by atoms with Gasteiger partial charge in [-0.25, -0.2) is 8.78 Å². The molecule has 0 amide bonds. The molecule has 0 radical (unpaired) electrons. The first-order chi connectivity index (χ1) is 9.14. The molecule has 1 saturated carbocycles. The van der Waals surface area contributed by atoms with E-state index in [4.69, 9.17) is 0 Å². The molecule has 0 aromatic carbocycles. The summed E-state index contributed by atoms with van der Waals surface area (Å²) in [5, 5.41) is 0. The lowest BCUT2D eigenvalue weighted by Gasteiger charge is -2.57. The van der Waals surface area contributed by atoms with Gasteiger partial charge in [0.25, 0.3) is 0 Å². The van der Waals surface area contributed by atoms with E-state index in [1.807, 2.05) is 13.8 Å². The molecule has 19 heavy (non-hydrogen) atoms. The van der Waals surface area contributed by atoms with Gasteiger partial charge in [0.05, 0.1) is 0 Å². The van der Waals surface area contributed by atoms with Crippen molar-refractivity contribution in [2.45, 2.75) is 52.5 Å². The highest BCUT2D eigenvalue weighted by molar-refractivity contribution is 5.08. The van der Waals surface area contributed by atoms with Gasteiger partial charge in [-0.1, -0.05) is 20.8 Å². The fourth-order valence-electron chi connectivity index (χ4n) is 3.94. The summed E-state index contributed by atoms with van der Waals surface area (Å²) in [6.07, 6.45) is 1.71. The summed E-state index contributed by atoms with van der Waals surface area (Å²) in [6, 6.07) is 0.606. The smallest absolute Gasteiger partial charge is 0.243 e. The third kappa shape index (κ3) is 2.66. The number of hydrogen-bond donors (Lipinski definition) is 0. The second-order valence-corrected chi connectivity index (χ2v) is 6.08. The van der Waals surface area contributed by atoms with Gasteiger partial charge in [-0.15, -0.1) is 0 Å². The normalized spacial score (nSPS) is 36.0. The van der Waals surface area contributed by atoms with Crippen molar-refractivity contribution >= 4 is 0 Å². The standard InChI is InChI=1S/C13H22F2N2.C2H6/c1-2-16-6-5-13(9-16)4-3-11(13)17-7-10(8-17)12(14)15;1-2/h10-12H,2-9H2,1H3;1-2H3. The SMILES string of the molecule is CC.CCN1CCC2(CCC2N2CC(C(F)F)C2)C1. The minimum absolute atomic E-state index is 0.351. The molecular weight excluding hydrogens is 246 g/mol. The van der Waals surface area contributed by atoms with Crippen LogP contribution in [-0.4, -0.2) is 55.0 Å². The molecule has 2 atom stereocenters. The average molecular weight is 274 g/mol. The van der Waals surface area contributed by atoms with Crippen molar-refractivity contribution in [2.24, 2.45) is 11.3 Å². The third-order valence-electron chi connectivity index (χ3n) is 5.27. The molecule has 112 valence electrons. The van der Waals surface area contributed by atoms with Crippen LogP contribution >= 0.6 is 0 Å². The summed E-state index contributed by atoms with van der Waals surface area (Å²) in [5.74, 6) is -0.351. The first kappa shape index (κ1) is 15.2. The van der Waals surface area contributed by atoms with Crippen LogP contribution in [0.1, 0.15) is 40.0 Å². The van der Waals surface area contributed by atoms with Crippen LogP contribution in [0.2, 0.25) is 0 Å². The monoisotopic (exact) mass is 274 g/mol. The Morgan fingerprint density at radius 1 is 1.21 bits per heavy atom. The minimum atomic E-state index is -2.11. The lowest BCUT2D eigenvalue weighted by Crippen LogP contribution is -2.64. The van der Waals surface area contributed by atoms with Crippen LogP contribution in [0.3, 0.4) is 0 Å². The van der Waals surface area contributed by atoms with Crippen molar-refractivity contribution in [3.8, 4) is 0 Å². The van der Waals surface area contributed by atoms with Gasteiger partial charge in [-0.2, -0.15) is 0 Å². The van der Waals surface area contributed by atoms with E-state index in [-0.39, 0.29) is 5.92 Å². The molecule has 2 aliphatic heterocycles. The summed E-state index contributed by atoms with van der Waals surface area (Å²) < 4.78 is 25.0. The van der Waals surface area contributed by atoms with Crippen molar-refractivity contribution in [3.63, 3.8) is 0 Å². The van der Waals surface area contributed by atoms with Crippen LogP contribution in [0, 0.1) is 11.3 Å². The molecule has 0 aromatic rings. The minimum Gasteiger partial charge on any atom is -0.303 e. The van der Waals surface area contributed by atoms with Gasteiger partial charge in [0.15, 0.2) is 0 Å². The molecule has 2 nitrogen and oxygen atoms in total. The van der Waals surface area contributed by atoms with Gasteiger partial charge in [-0.05, 0) is 37.8 Å². The Hall–Kier alpha value is -0.220. The quantitative estimate of drug-likeness (QED) is 0.780. The van der Waals surface area contributed by atoms with E-state index in [1.54, 1.807) is 0 Å². The second-order valence-electron chi connectivity index (χ2n) is 6.08. The number of nitrogens with zero attached hydrogens (tertiary/aromatic N) is 2. The van der Waals surface area contributed by atoms with Crippen molar-refractivity contribution in [2.75, 3.05) is 32.7 Å². The molecular formula is C15H28F2N2. The van der Waals surface area contributed by atoms with Gasteiger partial charge < -0.3 is 4.90 Å². The number of likely N-dealkylation sites (tertiary alicyclic amines) is 2. The van der Waals surface area contributed by atoms with Crippen LogP contribution < -0.4 is 0 Å². The van der Waals surface area contributed by atoms with Crippen LogP contribution in [0.15, 0.2) is 0 Å². The highest BCUT2D eigenvalue weighted by atomic mass is 19.3. The molecule has 3 rings (SSSR count). The molecule has 0 aromatic heterocycles. The van der Waals surface area contributed by atoms with E-state index >= 15 is 0 Å². The zero-order chi connectivity index (χ0) is 14.0. The lowest BCUT2D eigenvalue weighted by atomic mass is 9.62. The lowest BCUT2D eigenvalue weighted by molar-refractivity contribution is -0.109. The van der Waals surface area contributed by atoms with Crippen LogP contribution in [0.25, 0.3) is 0 Å². The Morgan fingerprint density at radius 3 is 2.32 bits per heavy atom. The van der Waals surface area contributed by atoms with E-state index < -0.39 is 6.43 Å². The van der Waals surface area contributed by atoms with Gasteiger partial charge in [0.2, 0.25) is 6.43 Å². The Morgan fingerprint density at radius 2 is 1.89 bits per heavy atom. The van der Waals surface area contributed by atoms with E-state index in [0.717, 1.165) is 6.54 Å². The Bertz CT molecular complexity index is 292. The second kappa shape index (κ2) is 6.04. The van der Waals surface area contributed by atoms with Gasteiger partial charge in [-0.3, -0.25) is 4.90 Å². The maximum absolute atomic E-state index is 12.5. The van der Waals surface area contributed by atoms with Crippen LogP contribution in [-0.2, 0) is 0 Å². The molecule has 1 aliphatic carbocycles. The van der Waals surface area contributed by atoms with E-state index in [9.17, 15) is 8.78 Å². The van der Waals surface area contributed by atoms with Crippen molar-refractivity contribution in [3.05, 3.63) is 0 Å². The molecule has 4 heteroatoms. The summed E-state index contributed by atoms with van der Waals surface area (Å²) in [4.78, 5) is 4.83. The maximum Gasteiger partial charge on any atom is 0.243 e. The fourth-order valence-corrected chi connectivity index (χ4v) is 3.94. The van der Waals surface area contributed by atoms with E-state index in [0.29, 0.717) is 24.5 Å². The first-order valence-corrected chi connectivity index (χ1v) is 7.89. The summed E-state index contributed by atoms with van der Waals surface area (Å²) in [7, 11) is 0. The first-order valence-electron chi connectivity index (χ1n) is 7.89. The number of rotatable bonds is 3. The summed E-state index contributed by atoms with van der Waals surface area (Å²) >= 11 is 0. The van der Waals surface area contributed by atoms with Gasteiger partial charge >= 0.3 is 0 Å². The van der Waals surface area contributed by atoms with Crippen molar-refractivity contribution in [1.29, 1.82) is 0 Å². The molecule has 2 unspecified atom stereocenters. The van der Waals surface area contributed by atoms with E-state index in [2.05, 4.69) is 16.7 Å². The number of alkyl halides is 2. The van der Waals surface area contributed by atoms with E-state index in [1.165, 1.54) is 32.4 Å². The van der Waals surface area contributed by atoms with Crippen molar-refractivity contribution in [1.82, 2.24) is 9.80 Å². The average Bonchev–Trinajstić information content (AvgIpc) is 2.80. The Balaban J connectivity index is 0.000000637. The molecule has 2 heterocycles. The van der Waals surface area contributed by atoms with Crippen LogP contribution in [0.4, 0.5) is 8.78 Å². The third-order valence-corrected chi connectivity index (χ3v) is 5.27. The predicted molar refractivity (Wildman–Crippen MR) is 74.6 cm³/mol.